The molecule has 0 radical (unpaired) electrons. The van der Waals surface area contributed by atoms with E-state index in [2.05, 4.69) is 11.8 Å². The minimum atomic E-state index is -0.202. The van der Waals surface area contributed by atoms with Gasteiger partial charge >= 0.3 is 5.97 Å². The molecule has 2 atom stereocenters. The number of nitrogens with zero attached hydrogens (tertiary/aromatic N) is 2. The summed E-state index contributed by atoms with van der Waals surface area (Å²) in [5, 5.41) is 0. The number of carbonyl (C=O) groups is 1. The number of piperidine rings is 1. The Kier molecular flexibility index (Phi) is 3.17. The highest BCUT2D eigenvalue weighted by molar-refractivity contribution is 5.72. The van der Waals surface area contributed by atoms with Crippen LogP contribution in [0.2, 0.25) is 0 Å². The first kappa shape index (κ1) is 12.5. The van der Waals surface area contributed by atoms with Gasteiger partial charge in [0.1, 0.15) is 5.82 Å². The molecule has 1 aromatic heterocycles. The van der Waals surface area contributed by atoms with Crippen molar-refractivity contribution in [1.82, 2.24) is 4.98 Å². The molecule has 0 N–H and O–H groups in total. The van der Waals surface area contributed by atoms with Crippen LogP contribution in [0.15, 0.2) is 12.1 Å². The van der Waals surface area contributed by atoms with Gasteiger partial charge in [-0.2, -0.15) is 0 Å². The molecule has 2 unspecified atom stereocenters. The van der Waals surface area contributed by atoms with Crippen molar-refractivity contribution < 1.29 is 9.53 Å². The lowest BCUT2D eigenvalue weighted by molar-refractivity contribution is -0.139. The van der Waals surface area contributed by atoms with Crippen LogP contribution in [0, 0.1) is 11.8 Å². The Morgan fingerprint density at radius 1 is 1.42 bits per heavy atom. The number of ether oxygens (including phenoxy) is 1. The number of rotatable bonds is 4. The number of anilines is 1. The van der Waals surface area contributed by atoms with E-state index in [4.69, 9.17) is 9.72 Å². The van der Waals surface area contributed by atoms with E-state index in [1.165, 1.54) is 13.5 Å². The third-order valence-electron chi connectivity index (χ3n) is 4.25. The Morgan fingerprint density at radius 3 is 2.79 bits per heavy atom. The second kappa shape index (κ2) is 4.83. The molecule has 0 amide bonds. The lowest BCUT2D eigenvalue weighted by Crippen LogP contribution is -2.23. The molecular formula is C15H20N2O2. The van der Waals surface area contributed by atoms with Crippen molar-refractivity contribution in [3.8, 4) is 0 Å². The van der Waals surface area contributed by atoms with E-state index >= 15 is 0 Å². The van der Waals surface area contributed by atoms with Crippen LogP contribution in [-0.2, 0) is 22.4 Å². The van der Waals surface area contributed by atoms with Gasteiger partial charge in [-0.05, 0) is 36.3 Å². The molecule has 0 aromatic carbocycles. The number of hydrogen-bond donors (Lipinski definition) is 0. The number of esters is 1. The van der Waals surface area contributed by atoms with Gasteiger partial charge in [0.05, 0.1) is 13.5 Å². The van der Waals surface area contributed by atoms with Crippen LogP contribution in [0.25, 0.3) is 0 Å². The third-order valence-corrected chi connectivity index (χ3v) is 4.25. The van der Waals surface area contributed by atoms with E-state index in [-0.39, 0.29) is 5.97 Å². The third kappa shape index (κ3) is 2.44. The molecule has 1 aliphatic heterocycles. The lowest BCUT2D eigenvalue weighted by atomic mass is 10.1. The topological polar surface area (TPSA) is 42.4 Å². The van der Waals surface area contributed by atoms with Crippen molar-refractivity contribution in [2.45, 2.75) is 26.2 Å². The summed E-state index contributed by atoms with van der Waals surface area (Å²) < 4.78 is 4.73. The standard InChI is InChI=1S/C15H20N2O2/c1-3-13-10(7-15(18)19-2)4-5-14(16-13)17-8-11-6-12(11)9-17/h4-5,11-12H,3,6-9H2,1-2H3. The van der Waals surface area contributed by atoms with Gasteiger partial charge in [-0.15, -0.1) is 0 Å². The van der Waals surface area contributed by atoms with Gasteiger partial charge in [0, 0.05) is 18.8 Å². The van der Waals surface area contributed by atoms with E-state index in [9.17, 15) is 4.79 Å². The normalized spacial score (nSPS) is 24.2. The summed E-state index contributed by atoms with van der Waals surface area (Å²) >= 11 is 0. The minimum Gasteiger partial charge on any atom is -0.469 e. The van der Waals surface area contributed by atoms with Gasteiger partial charge in [0.2, 0.25) is 0 Å². The highest BCUT2D eigenvalue weighted by Gasteiger charge is 2.45. The van der Waals surface area contributed by atoms with Crippen LogP contribution in [0.5, 0.6) is 0 Å². The minimum absolute atomic E-state index is 0.202. The first-order valence-electron chi connectivity index (χ1n) is 7.01. The van der Waals surface area contributed by atoms with Gasteiger partial charge in [0.15, 0.2) is 0 Å². The van der Waals surface area contributed by atoms with Crippen LogP contribution in [0.3, 0.4) is 0 Å². The molecule has 0 spiro atoms. The zero-order chi connectivity index (χ0) is 13.4. The van der Waals surface area contributed by atoms with Crippen molar-refractivity contribution in [3.05, 3.63) is 23.4 Å². The van der Waals surface area contributed by atoms with Crippen molar-refractivity contribution in [1.29, 1.82) is 0 Å². The molecule has 0 bridgehead atoms. The molecule has 1 saturated carbocycles. The van der Waals surface area contributed by atoms with Crippen LogP contribution in [-0.4, -0.2) is 31.2 Å². The summed E-state index contributed by atoms with van der Waals surface area (Å²) in [5.74, 6) is 2.67. The molecule has 4 heteroatoms. The lowest BCUT2D eigenvalue weighted by Gasteiger charge is -2.20. The highest BCUT2D eigenvalue weighted by atomic mass is 16.5. The number of carbonyl (C=O) groups excluding carboxylic acids is 1. The van der Waals surface area contributed by atoms with Gasteiger partial charge in [0.25, 0.3) is 0 Å². The fraction of sp³-hybridized carbons (Fsp3) is 0.600. The second-order valence-corrected chi connectivity index (χ2v) is 5.54. The predicted molar refractivity (Wildman–Crippen MR) is 73.1 cm³/mol. The molecule has 4 nitrogen and oxygen atoms in total. The summed E-state index contributed by atoms with van der Waals surface area (Å²) in [7, 11) is 1.42. The summed E-state index contributed by atoms with van der Waals surface area (Å²) in [6.07, 6.45) is 2.57. The zero-order valence-electron chi connectivity index (χ0n) is 11.6. The molecule has 19 heavy (non-hydrogen) atoms. The van der Waals surface area contributed by atoms with Gasteiger partial charge < -0.3 is 9.64 Å². The van der Waals surface area contributed by atoms with E-state index in [1.807, 2.05) is 12.1 Å². The van der Waals surface area contributed by atoms with Crippen LogP contribution in [0.1, 0.15) is 24.6 Å². The maximum atomic E-state index is 11.4. The fourth-order valence-electron chi connectivity index (χ4n) is 2.97. The molecule has 2 aliphatic rings. The number of pyridine rings is 1. The molecule has 102 valence electrons. The summed E-state index contributed by atoms with van der Waals surface area (Å²) in [5.41, 5.74) is 2.01. The zero-order valence-corrected chi connectivity index (χ0v) is 11.6. The largest absolute Gasteiger partial charge is 0.469 e. The van der Waals surface area contributed by atoms with Crippen molar-refractivity contribution >= 4 is 11.8 Å². The molecule has 3 rings (SSSR count). The molecule has 1 aromatic rings. The fourth-order valence-corrected chi connectivity index (χ4v) is 2.97. The average molecular weight is 260 g/mol. The molecule has 2 fully saturated rings. The number of fused-ring (bicyclic) bond motifs is 1. The monoisotopic (exact) mass is 260 g/mol. The Bertz CT molecular complexity index is 491. The SMILES string of the molecule is CCc1nc(N2CC3CC3C2)ccc1CC(=O)OC. The second-order valence-electron chi connectivity index (χ2n) is 5.54. The molecule has 2 heterocycles. The van der Waals surface area contributed by atoms with Crippen molar-refractivity contribution in [2.24, 2.45) is 11.8 Å². The Balaban J connectivity index is 1.78. The van der Waals surface area contributed by atoms with Gasteiger partial charge in [-0.1, -0.05) is 13.0 Å². The smallest absolute Gasteiger partial charge is 0.310 e. The Hall–Kier alpha value is -1.58. The number of aryl methyl sites for hydroxylation is 1. The van der Waals surface area contributed by atoms with Crippen molar-refractivity contribution in [3.63, 3.8) is 0 Å². The maximum Gasteiger partial charge on any atom is 0.310 e. The predicted octanol–water partition coefficient (Wildman–Crippen LogP) is 1.82. The average Bonchev–Trinajstić information content (AvgIpc) is 3.05. The Labute approximate surface area is 113 Å². The molecular weight excluding hydrogens is 240 g/mol. The number of methoxy groups -OCH3 is 1. The van der Waals surface area contributed by atoms with Crippen LogP contribution in [0.4, 0.5) is 5.82 Å². The number of aromatic nitrogens is 1. The van der Waals surface area contributed by atoms with E-state index in [1.54, 1.807) is 0 Å². The summed E-state index contributed by atoms with van der Waals surface area (Å²) in [6, 6.07) is 4.07. The maximum absolute atomic E-state index is 11.4. The van der Waals surface area contributed by atoms with E-state index in [0.717, 1.165) is 48.4 Å². The van der Waals surface area contributed by atoms with Crippen LogP contribution < -0.4 is 4.90 Å². The first-order valence-corrected chi connectivity index (χ1v) is 7.01. The first-order chi connectivity index (χ1) is 9.21. The number of hydrogen-bond acceptors (Lipinski definition) is 4. The summed E-state index contributed by atoms with van der Waals surface area (Å²) in [6.45, 7) is 4.38. The Morgan fingerprint density at radius 2 is 2.16 bits per heavy atom. The van der Waals surface area contributed by atoms with E-state index < -0.39 is 0 Å². The van der Waals surface area contributed by atoms with Gasteiger partial charge in [-0.25, -0.2) is 4.98 Å². The highest BCUT2D eigenvalue weighted by Crippen LogP contribution is 2.45. The molecule has 1 aliphatic carbocycles. The van der Waals surface area contributed by atoms with Crippen molar-refractivity contribution in [2.75, 3.05) is 25.1 Å². The van der Waals surface area contributed by atoms with Crippen LogP contribution >= 0.6 is 0 Å². The summed E-state index contributed by atoms with van der Waals surface area (Å²) in [4.78, 5) is 18.5. The van der Waals surface area contributed by atoms with Gasteiger partial charge in [-0.3, -0.25) is 4.79 Å². The molecule has 1 saturated heterocycles. The van der Waals surface area contributed by atoms with E-state index in [0.29, 0.717) is 6.42 Å². The quantitative estimate of drug-likeness (QED) is 0.774.